The molecule has 134 valence electrons. The van der Waals surface area contributed by atoms with E-state index in [2.05, 4.69) is 0 Å². The van der Waals surface area contributed by atoms with Crippen molar-refractivity contribution in [3.8, 4) is 17.2 Å². The maximum absolute atomic E-state index is 12.7. The van der Waals surface area contributed by atoms with Gasteiger partial charge in [-0.15, -0.1) is 0 Å². The molecular formula is C21H20O5. The van der Waals surface area contributed by atoms with Gasteiger partial charge in [-0.25, -0.2) is 0 Å². The molecule has 0 fully saturated rings. The van der Waals surface area contributed by atoms with Gasteiger partial charge in [-0.2, -0.15) is 0 Å². The van der Waals surface area contributed by atoms with Gasteiger partial charge in [0, 0.05) is 17.5 Å². The number of fused-ring (bicyclic) bond motifs is 1. The Hall–Kier alpha value is -3.08. The number of esters is 1. The molecule has 2 aromatic rings. The molecule has 1 aliphatic rings. The molecule has 1 heterocycles. The molecule has 0 spiro atoms. The number of benzene rings is 2. The lowest BCUT2D eigenvalue weighted by Crippen LogP contribution is -2.06. The quantitative estimate of drug-likeness (QED) is 0.455. The van der Waals surface area contributed by atoms with Crippen LogP contribution in [-0.4, -0.2) is 18.4 Å². The Labute approximate surface area is 152 Å². The molecular weight excluding hydrogens is 332 g/mol. The number of Topliss-reactive ketones (excluding diaryl/α,β-unsaturated/α-hetero) is 1. The fourth-order valence-electron chi connectivity index (χ4n) is 2.70. The molecule has 26 heavy (non-hydrogen) atoms. The number of hydrogen-bond donors (Lipinski definition) is 0. The van der Waals surface area contributed by atoms with Crippen LogP contribution in [0.15, 0.2) is 42.2 Å². The fourth-order valence-corrected chi connectivity index (χ4v) is 2.70. The van der Waals surface area contributed by atoms with Crippen LogP contribution in [0.25, 0.3) is 6.08 Å². The molecule has 0 amide bonds. The Morgan fingerprint density at radius 2 is 1.88 bits per heavy atom. The monoisotopic (exact) mass is 352 g/mol. The van der Waals surface area contributed by atoms with Gasteiger partial charge in [0.1, 0.15) is 17.2 Å². The molecule has 0 saturated heterocycles. The van der Waals surface area contributed by atoms with Gasteiger partial charge in [0.25, 0.3) is 0 Å². The van der Waals surface area contributed by atoms with E-state index in [4.69, 9.17) is 14.2 Å². The van der Waals surface area contributed by atoms with E-state index in [1.807, 2.05) is 31.2 Å². The highest BCUT2D eigenvalue weighted by Gasteiger charge is 2.30. The molecule has 5 nitrogen and oxygen atoms in total. The van der Waals surface area contributed by atoms with Gasteiger partial charge in [-0.3, -0.25) is 9.59 Å². The molecule has 0 radical (unpaired) electrons. The number of rotatable bonds is 5. The smallest absolute Gasteiger partial charge is 0.310 e. The summed E-state index contributed by atoms with van der Waals surface area (Å²) in [6.45, 7) is 5.92. The molecule has 0 saturated carbocycles. The molecule has 0 aromatic heterocycles. The van der Waals surface area contributed by atoms with Crippen LogP contribution in [0.3, 0.4) is 0 Å². The third kappa shape index (κ3) is 3.33. The summed E-state index contributed by atoms with van der Waals surface area (Å²) in [6.07, 6.45) is 1.94. The molecule has 2 aromatic carbocycles. The van der Waals surface area contributed by atoms with Gasteiger partial charge in [0.2, 0.25) is 5.78 Å². The second-order valence-electron chi connectivity index (χ2n) is 5.80. The average Bonchev–Trinajstić information content (AvgIpc) is 2.96. The second-order valence-corrected chi connectivity index (χ2v) is 5.80. The van der Waals surface area contributed by atoms with Crippen molar-refractivity contribution in [2.45, 2.75) is 27.2 Å². The molecule has 3 rings (SSSR count). The number of para-hydroxylation sites is 1. The minimum atomic E-state index is -0.334. The minimum absolute atomic E-state index is 0.206. The van der Waals surface area contributed by atoms with Crippen molar-refractivity contribution in [1.82, 2.24) is 0 Å². The molecule has 5 heteroatoms. The summed E-state index contributed by atoms with van der Waals surface area (Å²) < 4.78 is 16.7. The van der Waals surface area contributed by atoms with Crippen LogP contribution >= 0.6 is 0 Å². The Morgan fingerprint density at radius 1 is 1.12 bits per heavy atom. The first-order valence-electron chi connectivity index (χ1n) is 8.55. The van der Waals surface area contributed by atoms with Crippen molar-refractivity contribution in [2.75, 3.05) is 6.61 Å². The zero-order valence-corrected chi connectivity index (χ0v) is 15.0. The van der Waals surface area contributed by atoms with E-state index in [0.717, 1.165) is 5.56 Å². The molecule has 0 unspecified atom stereocenters. The molecule has 0 atom stereocenters. The highest BCUT2D eigenvalue weighted by Crippen LogP contribution is 2.39. The third-order valence-electron chi connectivity index (χ3n) is 4.05. The van der Waals surface area contributed by atoms with Gasteiger partial charge in [-0.05, 0) is 38.1 Å². The van der Waals surface area contributed by atoms with Gasteiger partial charge in [0.05, 0.1) is 12.2 Å². The van der Waals surface area contributed by atoms with Crippen molar-refractivity contribution in [2.24, 2.45) is 0 Å². The first-order valence-corrected chi connectivity index (χ1v) is 8.55. The van der Waals surface area contributed by atoms with Gasteiger partial charge in [-0.1, -0.05) is 25.1 Å². The molecule has 1 aliphatic heterocycles. The first kappa shape index (κ1) is 17.7. The van der Waals surface area contributed by atoms with Gasteiger partial charge in [0.15, 0.2) is 5.76 Å². The summed E-state index contributed by atoms with van der Waals surface area (Å²) >= 11 is 0. The van der Waals surface area contributed by atoms with Crippen LogP contribution in [0.5, 0.6) is 17.2 Å². The summed E-state index contributed by atoms with van der Waals surface area (Å²) in [5.41, 5.74) is 1.85. The van der Waals surface area contributed by atoms with E-state index >= 15 is 0 Å². The second kappa shape index (κ2) is 7.44. The van der Waals surface area contributed by atoms with Crippen molar-refractivity contribution in [1.29, 1.82) is 0 Å². The van der Waals surface area contributed by atoms with Crippen LogP contribution in [0.1, 0.15) is 41.8 Å². The van der Waals surface area contributed by atoms with E-state index in [9.17, 15) is 9.59 Å². The van der Waals surface area contributed by atoms with Crippen molar-refractivity contribution < 1.29 is 23.8 Å². The summed E-state index contributed by atoms with van der Waals surface area (Å²) in [7, 11) is 0. The summed E-state index contributed by atoms with van der Waals surface area (Å²) in [5.74, 6) is 1.19. The Balaban J connectivity index is 1.95. The van der Waals surface area contributed by atoms with Crippen LogP contribution in [0.4, 0.5) is 0 Å². The summed E-state index contributed by atoms with van der Waals surface area (Å²) in [6, 6.07) is 10.7. The Morgan fingerprint density at radius 3 is 2.62 bits per heavy atom. The van der Waals surface area contributed by atoms with E-state index in [-0.39, 0.29) is 23.9 Å². The maximum atomic E-state index is 12.7. The fraction of sp³-hybridized carbons (Fsp3) is 0.238. The van der Waals surface area contributed by atoms with E-state index in [1.54, 1.807) is 32.1 Å². The van der Waals surface area contributed by atoms with E-state index in [0.29, 0.717) is 35.0 Å². The zero-order chi connectivity index (χ0) is 18.7. The topological polar surface area (TPSA) is 61.8 Å². The van der Waals surface area contributed by atoms with Crippen molar-refractivity contribution in [3.63, 3.8) is 0 Å². The van der Waals surface area contributed by atoms with E-state index < -0.39 is 0 Å². The lowest BCUT2D eigenvalue weighted by atomic mass is 10.1. The highest BCUT2D eigenvalue weighted by atomic mass is 16.5. The molecule has 0 bridgehead atoms. The maximum Gasteiger partial charge on any atom is 0.310 e. The predicted molar refractivity (Wildman–Crippen MR) is 97.7 cm³/mol. The predicted octanol–water partition coefficient (Wildman–Crippen LogP) is 4.33. The number of carbonyl (C=O) groups excluding carboxylic acids is 2. The Bertz CT molecular complexity index is 895. The third-order valence-corrected chi connectivity index (χ3v) is 4.05. The van der Waals surface area contributed by atoms with Crippen LogP contribution in [0, 0.1) is 6.92 Å². The van der Waals surface area contributed by atoms with Gasteiger partial charge >= 0.3 is 5.97 Å². The SMILES string of the molecule is CCOc1ccccc1/C=C1\Oc2c(ccc(OC(=O)CC)c2C)C1=O. The normalized spacial score (nSPS) is 14.1. The first-order chi connectivity index (χ1) is 12.5. The highest BCUT2D eigenvalue weighted by molar-refractivity contribution is 6.15. The van der Waals surface area contributed by atoms with Crippen LogP contribution in [0.2, 0.25) is 0 Å². The van der Waals surface area contributed by atoms with Crippen molar-refractivity contribution >= 4 is 17.8 Å². The van der Waals surface area contributed by atoms with Crippen LogP contribution < -0.4 is 14.2 Å². The van der Waals surface area contributed by atoms with Crippen LogP contribution in [-0.2, 0) is 4.79 Å². The largest absolute Gasteiger partial charge is 0.493 e. The van der Waals surface area contributed by atoms with E-state index in [1.165, 1.54) is 0 Å². The minimum Gasteiger partial charge on any atom is -0.493 e. The van der Waals surface area contributed by atoms with Crippen molar-refractivity contribution in [3.05, 3.63) is 58.8 Å². The number of carbonyl (C=O) groups is 2. The molecule has 0 N–H and O–H groups in total. The lowest BCUT2D eigenvalue weighted by Gasteiger charge is -2.09. The lowest BCUT2D eigenvalue weighted by molar-refractivity contribution is -0.134. The standard InChI is InChI=1S/C21H20O5/c1-4-19(22)25-16-11-10-15-20(23)18(26-21(15)13(16)3)12-14-8-6-7-9-17(14)24-5-2/h6-12H,4-5H2,1-3H3/b18-12-. The number of ether oxygens (including phenoxy) is 3. The average molecular weight is 352 g/mol. The molecule has 0 aliphatic carbocycles. The zero-order valence-electron chi connectivity index (χ0n) is 15.0. The number of ketones is 1. The Kier molecular flexibility index (Phi) is 5.07. The number of allylic oxidation sites excluding steroid dienone is 1. The van der Waals surface area contributed by atoms with Gasteiger partial charge < -0.3 is 14.2 Å². The summed E-state index contributed by atoms with van der Waals surface area (Å²) in [4.78, 5) is 24.2. The summed E-state index contributed by atoms with van der Waals surface area (Å²) in [5, 5.41) is 0. The number of hydrogen-bond acceptors (Lipinski definition) is 5.